The monoisotopic (exact) mass is 268 g/mol. The van der Waals surface area contributed by atoms with E-state index in [0.717, 1.165) is 26.2 Å². The zero-order chi connectivity index (χ0) is 12.7. The molecule has 2 atom stereocenters. The number of fused-ring (bicyclic) bond motifs is 1. The van der Waals surface area contributed by atoms with Crippen molar-refractivity contribution in [2.75, 3.05) is 26.2 Å². The smallest absolute Gasteiger partial charge is 0.255 e. The van der Waals surface area contributed by atoms with Gasteiger partial charge in [-0.15, -0.1) is 0 Å². The van der Waals surface area contributed by atoms with E-state index in [2.05, 4.69) is 5.32 Å². The van der Waals surface area contributed by atoms with Crippen LogP contribution >= 0.6 is 11.6 Å². The lowest BCUT2D eigenvalue weighted by Crippen LogP contribution is -2.32. The fourth-order valence-electron chi connectivity index (χ4n) is 2.85. The summed E-state index contributed by atoms with van der Waals surface area (Å²) >= 11 is 5.92. The summed E-state index contributed by atoms with van der Waals surface area (Å²) in [4.78, 5) is 14.1. The fourth-order valence-corrected chi connectivity index (χ4v) is 3.10. The Bertz CT molecular complexity index is 482. The second-order valence-corrected chi connectivity index (χ2v) is 5.42. The van der Waals surface area contributed by atoms with E-state index in [9.17, 15) is 9.18 Å². The van der Waals surface area contributed by atoms with Crippen molar-refractivity contribution in [3.63, 3.8) is 0 Å². The highest BCUT2D eigenvalue weighted by molar-refractivity contribution is 6.33. The van der Waals surface area contributed by atoms with Crippen LogP contribution in [0.1, 0.15) is 10.4 Å². The zero-order valence-corrected chi connectivity index (χ0v) is 10.6. The molecule has 0 aliphatic carbocycles. The molecule has 0 unspecified atom stereocenters. The Morgan fingerprint density at radius 1 is 1.33 bits per heavy atom. The SMILES string of the molecule is O=C(c1ccc(F)cc1Cl)N1C[C@H]2CNC[C@H]2C1. The first-order valence-corrected chi connectivity index (χ1v) is 6.48. The van der Waals surface area contributed by atoms with Crippen LogP contribution in [0.5, 0.6) is 0 Å². The molecule has 1 aromatic carbocycles. The minimum absolute atomic E-state index is 0.0885. The highest BCUT2D eigenvalue weighted by atomic mass is 35.5. The molecular weight excluding hydrogens is 255 g/mol. The van der Waals surface area contributed by atoms with Gasteiger partial charge in [0.05, 0.1) is 10.6 Å². The van der Waals surface area contributed by atoms with Crippen LogP contribution in [0.25, 0.3) is 0 Å². The van der Waals surface area contributed by atoms with E-state index < -0.39 is 5.82 Å². The molecule has 96 valence electrons. The van der Waals surface area contributed by atoms with E-state index in [4.69, 9.17) is 11.6 Å². The summed E-state index contributed by atoms with van der Waals surface area (Å²) in [6, 6.07) is 3.93. The van der Waals surface area contributed by atoms with Gasteiger partial charge in [0, 0.05) is 26.2 Å². The quantitative estimate of drug-likeness (QED) is 0.842. The molecule has 3 rings (SSSR count). The molecule has 5 heteroatoms. The van der Waals surface area contributed by atoms with Crippen molar-refractivity contribution in [1.29, 1.82) is 0 Å². The molecule has 0 saturated carbocycles. The molecule has 2 heterocycles. The molecule has 1 aromatic rings. The summed E-state index contributed by atoms with van der Waals surface area (Å²) in [5.74, 6) is 0.592. The first-order chi connectivity index (χ1) is 8.65. The van der Waals surface area contributed by atoms with Crippen LogP contribution in [-0.2, 0) is 0 Å². The standard InChI is InChI=1S/C13H14ClFN2O/c14-12-3-10(15)1-2-11(12)13(18)17-6-8-4-16-5-9(8)7-17/h1-3,8-9,16H,4-7H2/t8-,9+. The third-order valence-electron chi connectivity index (χ3n) is 3.84. The zero-order valence-electron chi connectivity index (χ0n) is 9.83. The van der Waals surface area contributed by atoms with E-state index >= 15 is 0 Å². The normalized spacial score (nSPS) is 26.4. The largest absolute Gasteiger partial charge is 0.338 e. The summed E-state index contributed by atoms with van der Waals surface area (Å²) in [5.41, 5.74) is 0.394. The summed E-state index contributed by atoms with van der Waals surface area (Å²) in [5, 5.41) is 3.52. The number of hydrogen-bond donors (Lipinski definition) is 1. The van der Waals surface area contributed by atoms with Crippen molar-refractivity contribution in [1.82, 2.24) is 10.2 Å². The van der Waals surface area contributed by atoms with Gasteiger partial charge in [0.15, 0.2) is 0 Å². The molecule has 1 N–H and O–H groups in total. The van der Waals surface area contributed by atoms with Crippen LogP contribution in [0, 0.1) is 17.7 Å². The molecule has 0 spiro atoms. The molecule has 2 fully saturated rings. The number of nitrogens with zero attached hydrogens (tertiary/aromatic N) is 1. The molecule has 3 nitrogen and oxygen atoms in total. The van der Waals surface area contributed by atoms with Crippen molar-refractivity contribution < 1.29 is 9.18 Å². The highest BCUT2D eigenvalue weighted by Crippen LogP contribution is 2.28. The van der Waals surface area contributed by atoms with Gasteiger partial charge in [-0.1, -0.05) is 11.6 Å². The summed E-state index contributed by atoms with van der Waals surface area (Å²) in [6.45, 7) is 3.49. The fraction of sp³-hybridized carbons (Fsp3) is 0.462. The molecule has 2 saturated heterocycles. The van der Waals surface area contributed by atoms with Crippen molar-refractivity contribution >= 4 is 17.5 Å². The Hall–Kier alpha value is -1.13. The Morgan fingerprint density at radius 2 is 2.00 bits per heavy atom. The minimum atomic E-state index is -0.418. The first kappa shape index (κ1) is 11.9. The van der Waals surface area contributed by atoms with Gasteiger partial charge < -0.3 is 10.2 Å². The van der Waals surface area contributed by atoms with Crippen molar-refractivity contribution in [2.24, 2.45) is 11.8 Å². The van der Waals surface area contributed by atoms with E-state index in [0.29, 0.717) is 17.4 Å². The van der Waals surface area contributed by atoms with Gasteiger partial charge in [0.2, 0.25) is 0 Å². The molecule has 0 aromatic heterocycles. The van der Waals surface area contributed by atoms with Crippen molar-refractivity contribution in [3.8, 4) is 0 Å². The third-order valence-corrected chi connectivity index (χ3v) is 4.15. The molecule has 0 radical (unpaired) electrons. The van der Waals surface area contributed by atoms with E-state index in [1.165, 1.54) is 18.2 Å². The van der Waals surface area contributed by atoms with E-state index in [-0.39, 0.29) is 10.9 Å². The third kappa shape index (κ3) is 1.99. The molecule has 0 bridgehead atoms. The Labute approximate surface area is 110 Å². The number of likely N-dealkylation sites (tertiary alicyclic amines) is 1. The average molecular weight is 269 g/mol. The van der Waals surface area contributed by atoms with Gasteiger partial charge in [0.1, 0.15) is 5.82 Å². The molecule has 1 amide bonds. The Kier molecular flexibility index (Phi) is 2.99. The number of hydrogen-bond acceptors (Lipinski definition) is 2. The van der Waals surface area contributed by atoms with Crippen LogP contribution < -0.4 is 5.32 Å². The Morgan fingerprint density at radius 3 is 2.61 bits per heavy atom. The van der Waals surface area contributed by atoms with Gasteiger partial charge in [-0.05, 0) is 30.0 Å². The van der Waals surface area contributed by atoms with Crippen LogP contribution in [-0.4, -0.2) is 37.0 Å². The molecular formula is C13H14ClFN2O. The summed E-state index contributed by atoms with van der Waals surface area (Å²) < 4.78 is 13.0. The number of carbonyl (C=O) groups is 1. The lowest BCUT2D eigenvalue weighted by molar-refractivity contribution is 0.0782. The van der Waals surface area contributed by atoms with Gasteiger partial charge >= 0.3 is 0 Å². The second-order valence-electron chi connectivity index (χ2n) is 5.01. The minimum Gasteiger partial charge on any atom is -0.338 e. The number of amides is 1. The van der Waals surface area contributed by atoms with Gasteiger partial charge in [-0.25, -0.2) is 4.39 Å². The highest BCUT2D eigenvalue weighted by Gasteiger charge is 2.38. The van der Waals surface area contributed by atoms with Crippen molar-refractivity contribution in [3.05, 3.63) is 34.6 Å². The van der Waals surface area contributed by atoms with Gasteiger partial charge in [-0.3, -0.25) is 4.79 Å². The average Bonchev–Trinajstić information content (AvgIpc) is 2.87. The maximum absolute atomic E-state index is 13.0. The predicted octanol–water partition coefficient (Wildman–Crippen LogP) is 1.77. The number of rotatable bonds is 1. The molecule has 18 heavy (non-hydrogen) atoms. The lowest BCUT2D eigenvalue weighted by atomic mass is 10.0. The van der Waals surface area contributed by atoms with Crippen LogP contribution in [0.4, 0.5) is 4.39 Å². The maximum atomic E-state index is 13.0. The number of carbonyl (C=O) groups excluding carboxylic acids is 1. The number of benzene rings is 1. The van der Waals surface area contributed by atoms with Gasteiger partial charge in [-0.2, -0.15) is 0 Å². The van der Waals surface area contributed by atoms with Crippen LogP contribution in [0.3, 0.4) is 0 Å². The van der Waals surface area contributed by atoms with E-state index in [1.54, 1.807) is 0 Å². The molecule has 2 aliphatic rings. The maximum Gasteiger partial charge on any atom is 0.255 e. The van der Waals surface area contributed by atoms with E-state index in [1.807, 2.05) is 4.90 Å². The predicted molar refractivity (Wildman–Crippen MR) is 67.2 cm³/mol. The summed E-state index contributed by atoms with van der Waals surface area (Å²) in [7, 11) is 0. The van der Waals surface area contributed by atoms with Crippen LogP contribution in [0.15, 0.2) is 18.2 Å². The van der Waals surface area contributed by atoms with Gasteiger partial charge in [0.25, 0.3) is 5.91 Å². The number of halogens is 2. The second kappa shape index (κ2) is 4.52. The topological polar surface area (TPSA) is 32.3 Å². The lowest BCUT2D eigenvalue weighted by Gasteiger charge is -2.18. The Balaban J connectivity index is 1.79. The van der Waals surface area contributed by atoms with Crippen LogP contribution in [0.2, 0.25) is 5.02 Å². The molecule has 2 aliphatic heterocycles. The van der Waals surface area contributed by atoms with Crippen molar-refractivity contribution in [2.45, 2.75) is 0 Å². The first-order valence-electron chi connectivity index (χ1n) is 6.10. The number of nitrogens with one attached hydrogen (secondary N) is 1. The summed E-state index contributed by atoms with van der Waals surface area (Å²) in [6.07, 6.45) is 0.